The molecular weight excluding hydrogens is 376 g/mol. The number of anilines is 1. The van der Waals surface area contributed by atoms with E-state index in [9.17, 15) is 18.4 Å². The highest BCUT2D eigenvalue weighted by atomic mass is 35.5. The SMILES string of the molecule is Cc1cc(Cl)cc(C(=O)N(NC(=O)Nc2ccc(F)cc2F)C(C)(C)C)c1. The summed E-state index contributed by atoms with van der Waals surface area (Å²) in [5, 5.41) is 3.77. The van der Waals surface area contributed by atoms with Gasteiger partial charge in [-0.25, -0.2) is 24.0 Å². The Kier molecular flexibility index (Phi) is 6.05. The molecule has 0 aliphatic heterocycles. The van der Waals surface area contributed by atoms with Gasteiger partial charge in [-0.05, 0) is 63.6 Å². The normalized spacial score (nSPS) is 11.1. The van der Waals surface area contributed by atoms with Crippen LogP contribution in [-0.2, 0) is 0 Å². The van der Waals surface area contributed by atoms with E-state index < -0.39 is 29.1 Å². The predicted molar refractivity (Wildman–Crippen MR) is 101 cm³/mol. The molecule has 8 heteroatoms. The Morgan fingerprint density at radius 1 is 1.07 bits per heavy atom. The van der Waals surface area contributed by atoms with Crippen LogP contribution in [0.2, 0.25) is 5.02 Å². The maximum Gasteiger partial charge on any atom is 0.338 e. The molecule has 0 fully saturated rings. The topological polar surface area (TPSA) is 61.4 Å². The molecule has 0 unspecified atom stereocenters. The number of halogens is 3. The number of amides is 3. The monoisotopic (exact) mass is 395 g/mol. The Labute approximate surface area is 161 Å². The third-order valence-electron chi connectivity index (χ3n) is 3.56. The summed E-state index contributed by atoms with van der Waals surface area (Å²) >= 11 is 6.01. The summed E-state index contributed by atoms with van der Waals surface area (Å²) in [4.78, 5) is 25.2. The minimum Gasteiger partial charge on any atom is -0.304 e. The first-order chi connectivity index (χ1) is 12.5. The van der Waals surface area contributed by atoms with Crippen LogP contribution < -0.4 is 10.7 Å². The quantitative estimate of drug-likeness (QED) is 0.710. The standard InChI is InChI=1S/C19H20ClF2N3O2/c1-11-7-12(9-13(20)8-11)17(26)25(19(2,3)4)24-18(27)23-16-6-5-14(21)10-15(16)22/h5-10H,1-4H3,(H2,23,24,27). The highest BCUT2D eigenvalue weighted by Crippen LogP contribution is 2.20. The van der Waals surface area contributed by atoms with Gasteiger partial charge in [-0.1, -0.05) is 11.6 Å². The maximum atomic E-state index is 13.7. The Hall–Kier alpha value is -2.67. The Bertz CT molecular complexity index is 861. The van der Waals surface area contributed by atoms with Crippen LogP contribution in [0.4, 0.5) is 19.3 Å². The predicted octanol–water partition coefficient (Wildman–Crippen LogP) is 4.90. The number of nitrogens with one attached hydrogen (secondary N) is 2. The van der Waals surface area contributed by atoms with Crippen LogP contribution in [0.1, 0.15) is 36.7 Å². The number of hydrogen-bond acceptors (Lipinski definition) is 2. The van der Waals surface area contributed by atoms with Crippen molar-refractivity contribution in [3.63, 3.8) is 0 Å². The number of aryl methyl sites for hydroxylation is 1. The fourth-order valence-corrected chi connectivity index (χ4v) is 2.64. The second-order valence-electron chi connectivity index (χ2n) is 7.02. The zero-order chi connectivity index (χ0) is 20.4. The van der Waals surface area contributed by atoms with Gasteiger partial charge in [0.2, 0.25) is 0 Å². The van der Waals surface area contributed by atoms with E-state index >= 15 is 0 Å². The number of nitrogens with zero attached hydrogens (tertiary/aromatic N) is 1. The van der Waals surface area contributed by atoms with Crippen molar-refractivity contribution in [3.8, 4) is 0 Å². The number of carbonyl (C=O) groups excluding carboxylic acids is 2. The number of hydrazine groups is 1. The van der Waals surface area contributed by atoms with Crippen molar-refractivity contribution in [2.24, 2.45) is 0 Å². The molecule has 0 aliphatic carbocycles. The zero-order valence-corrected chi connectivity index (χ0v) is 16.1. The molecule has 3 amide bonds. The van der Waals surface area contributed by atoms with Crippen LogP contribution in [-0.4, -0.2) is 22.5 Å². The van der Waals surface area contributed by atoms with Crippen LogP contribution in [0.15, 0.2) is 36.4 Å². The molecule has 0 saturated carbocycles. The van der Waals surface area contributed by atoms with Crippen molar-refractivity contribution >= 4 is 29.2 Å². The summed E-state index contributed by atoms with van der Waals surface area (Å²) in [5.41, 5.74) is 2.50. The van der Waals surface area contributed by atoms with Crippen LogP contribution in [0.5, 0.6) is 0 Å². The molecule has 5 nitrogen and oxygen atoms in total. The van der Waals surface area contributed by atoms with E-state index in [1.54, 1.807) is 39.8 Å². The lowest BCUT2D eigenvalue weighted by Gasteiger charge is -2.35. The molecular formula is C19H20ClF2N3O2. The van der Waals surface area contributed by atoms with Crippen LogP contribution >= 0.6 is 11.6 Å². The number of carbonyl (C=O) groups is 2. The number of rotatable bonds is 2. The third-order valence-corrected chi connectivity index (χ3v) is 3.77. The van der Waals surface area contributed by atoms with Gasteiger partial charge in [0.05, 0.1) is 11.2 Å². The second kappa shape index (κ2) is 7.92. The second-order valence-corrected chi connectivity index (χ2v) is 7.46. The average Bonchev–Trinajstić information content (AvgIpc) is 2.52. The van der Waals surface area contributed by atoms with Gasteiger partial charge in [-0.3, -0.25) is 4.79 Å². The molecule has 0 aromatic heterocycles. The Morgan fingerprint density at radius 2 is 1.74 bits per heavy atom. The van der Waals surface area contributed by atoms with Crippen LogP contribution in [0.25, 0.3) is 0 Å². The molecule has 0 aliphatic rings. The number of benzene rings is 2. The van der Waals surface area contributed by atoms with Crippen molar-refractivity contribution in [2.75, 3.05) is 5.32 Å². The lowest BCUT2D eigenvalue weighted by molar-refractivity contribution is 0.0460. The largest absolute Gasteiger partial charge is 0.338 e. The first kappa shape index (κ1) is 20.6. The lowest BCUT2D eigenvalue weighted by atomic mass is 10.1. The molecule has 0 atom stereocenters. The molecule has 0 bridgehead atoms. The fraction of sp³-hybridized carbons (Fsp3) is 0.263. The molecule has 0 heterocycles. The molecule has 2 aromatic rings. The average molecular weight is 396 g/mol. The summed E-state index contributed by atoms with van der Waals surface area (Å²) in [6, 6.07) is 6.76. The van der Waals surface area contributed by atoms with Crippen molar-refractivity contribution < 1.29 is 18.4 Å². The van der Waals surface area contributed by atoms with Gasteiger partial charge in [0, 0.05) is 16.7 Å². The van der Waals surface area contributed by atoms with Gasteiger partial charge < -0.3 is 5.32 Å². The van der Waals surface area contributed by atoms with E-state index in [0.29, 0.717) is 16.7 Å². The summed E-state index contributed by atoms with van der Waals surface area (Å²) in [5.74, 6) is -2.17. The van der Waals surface area contributed by atoms with Gasteiger partial charge in [-0.2, -0.15) is 0 Å². The van der Waals surface area contributed by atoms with Crippen molar-refractivity contribution in [1.29, 1.82) is 0 Å². The van der Waals surface area contributed by atoms with Gasteiger partial charge in [0.1, 0.15) is 11.6 Å². The van der Waals surface area contributed by atoms with Gasteiger partial charge >= 0.3 is 6.03 Å². The molecule has 0 spiro atoms. The number of hydrogen-bond donors (Lipinski definition) is 2. The van der Waals surface area contributed by atoms with E-state index in [4.69, 9.17) is 11.6 Å². The summed E-state index contributed by atoms with van der Waals surface area (Å²) < 4.78 is 26.7. The fourth-order valence-electron chi connectivity index (χ4n) is 2.35. The molecule has 2 aromatic carbocycles. The van der Waals surface area contributed by atoms with E-state index in [-0.39, 0.29) is 5.69 Å². The first-order valence-electron chi connectivity index (χ1n) is 8.12. The van der Waals surface area contributed by atoms with E-state index in [1.807, 2.05) is 0 Å². The highest BCUT2D eigenvalue weighted by molar-refractivity contribution is 6.31. The first-order valence-corrected chi connectivity index (χ1v) is 8.49. The van der Waals surface area contributed by atoms with Crippen LogP contribution in [0.3, 0.4) is 0 Å². The van der Waals surface area contributed by atoms with Gasteiger partial charge in [0.15, 0.2) is 0 Å². The lowest BCUT2D eigenvalue weighted by Crippen LogP contribution is -2.56. The smallest absolute Gasteiger partial charge is 0.304 e. The number of urea groups is 1. The third kappa shape index (κ3) is 5.40. The van der Waals surface area contributed by atoms with Gasteiger partial charge in [-0.15, -0.1) is 0 Å². The van der Waals surface area contributed by atoms with Crippen LogP contribution in [0, 0.1) is 18.6 Å². The summed E-state index contributed by atoms with van der Waals surface area (Å²) in [6.45, 7) is 6.96. The summed E-state index contributed by atoms with van der Waals surface area (Å²) in [6.07, 6.45) is 0. The van der Waals surface area contributed by atoms with E-state index in [0.717, 1.165) is 22.7 Å². The Balaban J connectivity index is 2.23. The molecule has 27 heavy (non-hydrogen) atoms. The van der Waals surface area contributed by atoms with E-state index in [2.05, 4.69) is 10.7 Å². The zero-order valence-electron chi connectivity index (χ0n) is 15.4. The van der Waals surface area contributed by atoms with Gasteiger partial charge in [0.25, 0.3) is 5.91 Å². The van der Waals surface area contributed by atoms with E-state index in [1.165, 1.54) is 6.07 Å². The molecule has 2 rings (SSSR count). The molecule has 144 valence electrons. The summed E-state index contributed by atoms with van der Waals surface area (Å²) in [7, 11) is 0. The van der Waals surface area contributed by atoms with Crippen molar-refractivity contribution in [3.05, 3.63) is 64.2 Å². The van der Waals surface area contributed by atoms with Crippen molar-refractivity contribution in [2.45, 2.75) is 33.2 Å². The molecule has 2 N–H and O–H groups in total. The van der Waals surface area contributed by atoms with Crippen molar-refractivity contribution in [1.82, 2.24) is 10.4 Å². The molecule has 0 saturated heterocycles. The Morgan fingerprint density at radius 3 is 2.30 bits per heavy atom. The maximum absolute atomic E-state index is 13.7. The molecule has 0 radical (unpaired) electrons. The highest BCUT2D eigenvalue weighted by Gasteiger charge is 2.30. The minimum atomic E-state index is -0.927. The minimum absolute atomic E-state index is 0.214.